The summed E-state index contributed by atoms with van der Waals surface area (Å²) in [6.45, 7) is 1.52. The van der Waals surface area contributed by atoms with Gasteiger partial charge in [0, 0.05) is 6.42 Å². The molecule has 2 amide bonds. The molecular weight excluding hydrogens is 234 g/mol. The highest BCUT2D eigenvalue weighted by atomic mass is 16.3. The summed E-state index contributed by atoms with van der Waals surface area (Å²) in [4.78, 5) is 22.7. The maximum atomic E-state index is 11.4. The number of hydrogen-bond acceptors (Lipinski definition) is 4. The second kappa shape index (κ2) is 6.02. The standard InChI is InChI=1S/C12H17N3O3/c1-7(13)12(18)15-10(11(14)17)6-8-2-4-9(16)5-3-8/h2-5,7,10,16H,6,13H2,1H3,(H2,14,17)(H,15,18)/t7-,10-/m1/s1. The number of nitrogens with two attached hydrogens (primary N) is 2. The van der Waals surface area contributed by atoms with Crippen LogP contribution in [-0.4, -0.2) is 29.0 Å². The summed E-state index contributed by atoms with van der Waals surface area (Å²) in [5, 5.41) is 11.6. The Morgan fingerprint density at radius 3 is 2.33 bits per heavy atom. The lowest BCUT2D eigenvalue weighted by molar-refractivity contribution is -0.127. The lowest BCUT2D eigenvalue weighted by Gasteiger charge is -2.17. The topological polar surface area (TPSA) is 118 Å². The SMILES string of the molecule is C[C@@H](N)C(=O)N[C@H](Cc1ccc(O)cc1)C(N)=O. The third-order valence-electron chi connectivity index (χ3n) is 2.45. The monoisotopic (exact) mass is 251 g/mol. The van der Waals surface area contributed by atoms with E-state index in [1.54, 1.807) is 12.1 Å². The average Bonchev–Trinajstić information content (AvgIpc) is 2.30. The van der Waals surface area contributed by atoms with Crippen molar-refractivity contribution in [2.75, 3.05) is 0 Å². The zero-order valence-corrected chi connectivity index (χ0v) is 10.1. The number of primary amides is 1. The van der Waals surface area contributed by atoms with Gasteiger partial charge in [0.15, 0.2) is 0 Å². The zero-order chi connectivity index (χ0) is 13.7. The Kier molecular flexibility index (Phi) is 4.67. The summed E-state index contributed by atoms with van der Waals surface area (Å²) < 4.78 is 0. The van der Waals surface area contributed by atoms with Gasteiger partial charge in [0.1, 0.15) is 11.8 Å². The van der Waals surface area contributed by atoms with Gasteiger partial charge in [0.25, 0.3) is 0 Å². The number of carbonyl (C=O) groups is 2. The van der Waals surface area contributed by atoms with Crippen molar-refractivity contribution >= 4 is 11.8 Å². The molecule has 2 atom stereocenters. The van der Waals surface area contributed by atoms with Gasteiger partial charge in [-0.15, -0.1) is 0 Å². The summed E-state index contributed by atoms with van der Waals surface area (Å²) in [5.41, 5.74) is 11.4. The molecule has 0 saturated heterocycles. The fourth-order valence-electron chi connectivity index (χ4n) is 1.39. The molecule has 0 unspecified atom stereocenters. The van der Waals surface area contributed by atoms with Crippen LogP contribution >= 0.6 is 0 Å². The highest BCUT2D eigenvalue weighted by Crippen LogP contribution is 2.11. The number of phenolic OH excluding ortho intramolecular Hbond substituents is 1. The van der Waals surface area contributed by atoms with Crippen molar-refractivity contribution < 1.29 is 14.7 Å². The normalized spacial score (nSPS) is 13.7. The van der Waals surface area contributed by atoms with E-state index in [4.69, 9.17) is 16.6 Å². The Balaban J connectivity index is 2.72. The first-order valence-electron chi connectivity index (χ1n) is 5.53. The van der Waals surface area contributed by atoms with Gasteiger partial charge in [-0.2, -0.15) is 0 Å². The van der Waals surface area contributed by atoms with Crippen LogP contribution in [0, 0.1) is 0 Å². The van der Waals surface area contributed by atoms with Crippen LogP contribution in [0.25, 0.3) is 0 Å². The molecule has 0 spiro atoms. The molecule has 1 aromatic rings. The summed E-state index contributed by atoms with van der Waals surface area (Å²) in [6, 6.07) is 4.80. The third kappa shape index (κ3) is 4.06. The zero-order valence-electron chi connectivity index (χ0n) is 10.1. The maximum Gasteiger partial charge on any atom is 0.240 e. The van der Waals surface area contributed by atoms with Crippen LogP contribution in [0.4, 0.5) is 0 Å². The summed E-state index contributed by atoms with van der Waals surface area (Å²) in [5.74, 6) is -0.927. The molecule has 18 heavy (non-hydrogen) atoms. The van der Waals surface area contributed by atoms with Crippen LogP contribution in [0.3, 0.4) is 0 Å². The summed E-state index contributed by atoms with van der Waals surface area (Å²) >= 11 is 0. The molecule has 6 nitrogen and oxygen atoms in total. The number of aromatic hydroxyl groups is 1. The van der Waals surface area contributed by atoms with E-state index in [0.717, 1.165) is 5.56 Å². The van der Waals surface area contributed by atoms with Crippen molar-refractivity contribution in [3.63, 3.8) is 0 Å². The number of nitrogens with one attached hydrogen (secondary N) is 1. The predicted molar refractivity (Wildman–Crippen MR) is 66.6 cm³/mol. The molecular formula is C12H17N3O3. The van der Waals surface area contributed by atoms with Gasteiger partial charge in [-0.05, 0) is 24.6 Å². The summed E-state index contributed by atoms with van der Waals surface area (Å²) in [7, 11) is 0. The highest BCUT2D eigenvalue weighted by Gasteiger charge is 2.20. The molecule has 0 aliphatic carbocycles. The number of amides is 2. The van der Waals surface area contributed by atoms with E-state index in [0.29, 0.717) is 0 Å². The third-order valence-corrected chi connectivity index (χ3v) is 2.45. The van der Waals surface area contributed by atoms with Crippen molar-refractivity contribution in [2.24, 2.45) is 11.5 Å². The van der Waals surface area contributed by atoms with Crippen LogP contribution in [-0.2, 0) is 16.0 Å². The van der Waals surface area contributed by atoms with Gasteiger partial charge in [0.2, 0.25) is 11.8 Å². The van der Waals surface area contributed by atoms with Crippen LogP contribution < -0.4 is 16.8 Å². The minimum atomic E-state index is -0.812. The molecule has 0 aliphatic heterocycles. The average molecular weight is 251 g/mol. The highest BCUT2D eigenvalue weighted by molar-refractivity contribution is 5.88. The van der Waals surface area contributed by atoms with Gasteiger partial charge in [-0.25, -0.2) is 0 Å². The molecule has 1 aromatic carbocycles. The lowest BCUT2D eigenvalue weighted by Crippen LogP contribution is -2.50. The minimum Gasteiger partial charge on any atom is -0.508 e. The van der Waals surface area contributed by atoms with E-state index >= 15 is 0 Å². The van der Waals surface area contributed by atoms with Crippen molar-refractivity contribution in [2.45, 2.75) is 25.4 Å². The van der Waals surface area contributed by atoms with Gasteiger partial charge < -0.3 is 21.9 Å². The quantitative estimate of drug-likeness (QED) is 0.550. The molecule has 0 aliphatic rings. The van der Waals surface area contributed by atoms with Crippen LogP contribution in [0.5, 0.6) is 5.75 Å². The Labute approximate surface area is 105 Å². The first kappa shape index (κ1) is 14.0. The Bertz CT molecular complexity index is 429. The molecule has 98 valence electrons. The molecule has 0 bridgehead atoms. The van der Waals surface area contributed by atoms with Crippen LogP contribution in [0.1, 0.15) is 12.5 Å². The number of phenols is 1. The predicted octanol–water partition coefficient (Wildman–Crippen LogP) is -0.748. The van der Waals surface area contributed by atoms with E-state index in [9.17, 15) is 9.59 Å². The first-order chi connectivity index (χ1) is 8.40. The minimum absolute atomic E-state index is 0.133. The molecule has 6 N–H and O–H groups in total. The largest absolute Gasteiger partial charge is 0.508 e. The number of rotatable bonds is 5. The molecule has 0 heterocycles. The van der Waals surface area contributed by atoms with E-state index in [2.05, 4.69) is 5.32 Å². The molecule has 0 aromatic heterocycles. The van der Waals surface area contributed by atoms with Crippen molar-refractivity contribution in [1.29, 1.82) is 0 Å². The molecule has 6 heteroatoms. The van der Waals surface area contributed by atoms with E-state index in [-0.39, 0.29) is 12.2 Å². The second-order valence-corrected chi connectivity index (χ2v) is 4.12. The van der Waals surface area contributed by atoms with E-state index < -0.39 is 23.9 Å². The van der Waals surface area contributed by atoms with Crippen molar-refractivity contribution in [3.8, 4) is 5.75 Å². The van der Waals surface area contributed by atoms with Gasteiger partial charge in [-0.3, -0.25) is 9.59 Å². The molecule has 0 saturated carbocycles. The van der Waals surface area contributed by atoms with Gasteiger partial charge in [0.05, 0.1) is 6.04 Å². The van der Waals surface area contributed by atoms with E-state index in [1.807, 2.05) is 0 Å². The van der Waals surface area contributed by atoms with Gasteiger partial charge in [-0.1, -0.05) is 12.1 Å². The number of carbonyl (C=O) groups excluding carboxylic acids is 2. The Morgan fingerprint density at radius 1 is 1.33 bits per heavy atom. The number of hydrogen-bond donors (Lipinski definition) is 4. The maximum absolute atomic E-state index is 11.4. The lowest BCUT2D eigenvalue weighted by atomic mass is 10.0. The van der Waals surface area contributed by atoms with Crippen molar-refractivity contribution in [1.82, 2.24) is 5.32 Å². The smallest absolute Gasteiger partial charge is 0.240 e. The summed E-state index contributed by atoms with van der Waals surface area (Å²) in [6.07, 6.45) is 0.258. The number of benzene rings is 1. The molecule has 0 radical (unpaired) electrons. The Morgan fingerprint density at radius 2 is 1.89 bits per heavy atom. The fraction of sp³-hybridized carbons (Fsp3) is 0.333. The Hall–Kier alpha value is -2.08. The second-order valence-electron chi connectivity index (χ2n) is 4.12. The van der Waals surface area contributed by atoms with E-state index in [1.165, 1.54) is 19.1 Å². The van der Waals surface area contributed by atoms with Crippen LogP contribution in [0.15, 0.2) is 24.3 Å². The van der Waals surface area contributed by atoms with Crippen molar-refractivity contribution in [3.05, 3.63) is 29.8 Å². The molecule has 0 fully saturated rings. The van der Waals surface area contributed by atoms with Crippen LogP contribution in [0.2, 0.25) is 0 Å². The molecule has 1 rings (SSSR count). The first-order valence-corrected chi connectivity index (χ1v) is 5.53. The van der Waals surface area contributed by atoms with Gasteiger partial charge >= 0.3 is 0 Å². The fourth-order valence-corrected chi connectivity index (χ4v) is 1.39.